The van der Waals surface area contributed by atoms with Crippen LogP contribution < -0.4 is 0 Å². The summed E-state index contributed by atoms with van der Waals surface area (Å²) in [6.45, 7) is 9.65. The number of fused-ring (bicyclic) bond motifs is 1. The second-order valence-corrected chi connectivity index (χ2v) is 5.35. The summed E-state index contributed by atoms with van der Waals surface area (Å²) in [6.07, 6.45) is 0.705. The first-order valence-corrected chi connectivity index (χ1v) is 5.88. The number of benzene rings is 1. The third kappa shape index (κ3) is 2.12. The van der Waals surface area contributed by atoms with Crippen molar-refractivity contribution in [2.24, 2.45) is 0 Å². The molecule has 2 nitrogen and oxygen atoms in total. The lowest BCUT2D eigenvalue weighted by molar-refractivity contribution is -0.144. The minimum atomic E-state index is -0.303. The van der Waals surface area contributed by atoms with Gasteiger partial charge in [0.1, 0.15) is 6.10 Å². The molecule has 0 N–H and O–H groups in total. The highest BCUT2D eigenvalue weighted by Crippen LogP contribution is 2.46. The summed E-state index contributed by atoms with van der Waals surface area (Å²) >= 11 is 0. The van der Waals surface area contributed by atoms with Gasteiger partial charge in [-0.05, 0) is 29.9 Å². The molecule has 2 heteroatoms. The molecule has 0 amide bonds. The number of carbonyl (C=O) groups excluding carboxylic acids is 1. The van der Waals surface area contributed by atoms with Gasteiger partial charge in [0.2, 0.25) is 0 Å². The number of esters is 1. The average Bonchev–Trinajstić information content (AvgIpc) is 2.51. The van der Waals surface area contributed by atoms with Crippen LogP contribution in [-0.4, -0.2) is 5.97 Å². The highest BCUT2D eigenvalue weighted by Gasteiger charge is 2.38. The first-order chi connectivity index (χ1) is 7.92. The maximum absolute atomic E-state index is 11.6. The van der Waals surface area contributed by atoms with E-state index >= 15 is 0 Å². The fraction of sp³-hybridized carbons (Fsp3) is 0.400. The van der Waals surface area contributed by atoms with E-state index in [1.54, 1.807) is 6.92 Å². The summed E-state index contributed by atoms with van der Waals surface area (Å²) in [5.41, 5.74) is 2.93. The van der Waals surface area contributed by atoms with E-state index in [2.05, 4.69) is 26.5 Å². The van der Waals surface area contributed by atoms with E-state index in [4.69, 9.17) is 4.74 Å². The van der Waals surface area contributed by atoms with Gasteiger partial charge in [-0.3, -0.25) is 0 Å². The van der Waals surface area contributed by atoms with Crippen LogP contribution in [0.1, 0.15) is 44.4 Å². The normalized spacial score (nSPS) is 20.8. The van der Waals surface area contributed by atoms with Crippen molar-refractivity contribution in [3.63, 3.8) is 0 Å². The monoisotopic (exact) mass is 230 g/mol. The van der Waals surface area contributed by atoms with Crippen LogP contribution in [-0.2, 0) is 14.9 Å². The van der Waals surface area contributed by atoms with Crippen LogP contribution in [0, 0.1) is 0 Å². The van der Waals surface area contributed by atoms with Gasteiger partial charge in [0.15, 0.2) is 0 Å². The summed E-state index contributed by atoms with van der Waals surface area (Å²) < 4.78 is 5.50. The first kappa shape index (κ1) is 11.9. The van der Waals surface area contributed by atoms with E-state index in [9.17, 15) is 4.79 Å². The number of carbonyl (C=O) groups is 1. The summed E-state index contributed by atoms with van der Waals surface area (Å²) in [7, 11) is 0. The van der Waals surface area contributed by atoms with E-state index < -0.39 is 0 Å². The molecular formula is C15H18O2. The molecule has 1 aliphatic carbocycles. The Morgan fingerprint density at radius 1 is 1.41 bits per heavy atom. The van der Waals surface area contributed by atoms with E-state index in [1.165, 1.54) is 5.56 Å². The van der Waals surface area contributed by atoms with Crippen LogP contribution in [0.3, 0.4) is 0 Å². The van der Waals surface area contributed by atoms with Crippen molar-refractivity contribution in [2.75, 3.05) is 0 Å². The predicted molar refractivity (Wildman–Crippen MR) is 67.7 cm³/mol. The van der Waals surface area contributed by atoms with Crippen LogP contribution in [0.25, 0.3) is 0 Å². The quantitative estimate of drug-likeness (QED) is 0.574. The van der Waals surface area contributed by atoms with Gasteiger partial charge in [-0.2, -0.15) is 0 Å². The molecular weight excluding hydrogens is 212 g/mol. The molecule has 0 radical (unpaired) electrons. The SMILES string of the molecule is C=C(C)C(=O)OC1CC(C)(C)c2ccccc21. The molecule has 2 rings (SSSR count). The van der Waals surface area contributed by atoms with Crippen LogP contribution in [0.4, 0.5) is 0 Å². The average molecular weight is 230 g/mol. The summed E-state index contributed by atoms with van der Waals surface area (Å²) in [5.74, 6) is -0.303. The molecule has 1 aliphatic rings. The Balaban J connectivity index is 2.29. The fourth-order valence-electron chi connectivity index (χ4n) is 2.41. The zero-order valence-corrected chi connectivity index (χ0v) is 10.6. The molecule has 0 saturated heterocycles. The zero-order chi connectivity index (χ0) is 12.6. The molecule has 0 fully saturated rings. The Bertz CT molecular complexity index is 472. The van der Waals surface area contributed by atoms with Crippen molar-refractivity contribution in [3.8, 4) is 0 Å². The lowest BCUT2D eigenvalue weighted by Gasteiger charge is -2.19. The Morgan fingerprint density at radius 3 is 2.71 bits per heavy atom. The van der Waals surface area contributed by atoms with Crippen molar-refractivity contribution in [2.45, 2.75) is 38.7 Å². The summed E-state index contributed by atoms with van der Waals surface area (Å²) in [4.78, 5) is 11.6. The van der Waals surface area contributed by atoms with Crippen molar-refractivity contribution >= 4 is 5.97 Å². The number of rotatable bonds is 2. The second-order valence-electron chi connectivity index (χ2n) is 5.35. The van der Waals surface area contributed by atoms with Crippen molar-refractivity contribution < 1.29 is 9.53 Å². The molecule has 1 atom stereocenters. The number of hydrogen-bond donors (Lipinski definition) is 0. The molecule has 0 aliphatic heterocycles. The molecule has 1 unspecified atom stereocenters. The summed E-state index contributed by atoms with van der Waals surface area (Å²) in [5, 5.41) is 0. The van der Waals surface area contributed by atoms with Crippen LogP contribution in [0.15, 0.2) is 36.4 Å². The maximum Gasteiger partial charge on any atom is 0.333 e. The van der Waals surface area contributed by atoms with Gasteiger partial charge in [0.25, 0.3) is 0 Å². The molecule has 0 aromatic heterocycles. The highest BCUT2D eigenvalue weighted by molar-refractivity contribution is 5.87. The smallest absolute Gasteiger partial charge is 0.333 e. The Morgan fingerprint density at radius 2 is 2.06 bits per heavy atom. The van der Waals surface area contributed by atoms with Gasteiger partial charge in [0.05, 0.1) is 0 Å². The van der Waals surface area contributed by atoms with Gasteiger partial charge in [0, 0.05) is 5.57 Å². The van der Waals surface area contributed by atoms with Gasteiger partial charge in [-0.1, -0.05) is 44.7 Å². The largest absolute Gasteiger partial charge is 0.454 e. The third-order valence-corrected chi connectivity index (χ3v) is 3.33. The Labute approximate surface area is 102 Å². The van der Waals surface area contributed by atoms with Crippen molar-refractivity contribution in [1.82, 2.24) is 0 Å². The summed E-state index contributed by atoms with van der Waals surface area (Å²) in [6, 6.07) is 8.18. The molecule has 1 aromatic rings. The predicted octanol–water partition coefficient (Wildman–Crippen LogP) is 3.53. The lowest BCUT2D eigenvalue weighted by Crippen LogP contribution is -2.14. The Hall–Kier alpha value is -1.57. The zero-order valence-electron chi connectivity index (χ0n) is 10.6. The van der Waals surface area contributed by atoms with Gasteiger partial charge >= 0.3 is 5.97 Å². The third-order valence-electron chi connectivity index (χ3n) is 3.33. The molecule has 17 heavy (non-hydrogen) atoms. The van der Waals surface area contributed by atoms with Gasteiger partial charge < -0.3 is 4.74 Å². The van der Waals surface area contributed by atoms with Crippen LogP contribution in [0.5, 0.6) is 0 Å². The maximum atomic E-state index is 11.6. The molecule has 90 valence electrons. The van der Waals surface area contributed by atoms with Gasteiger partial charge in [-0.15, -0.1) is 0 Å². The fourth-order valence-corrected chi connectivity index (χ4v) is 2.41. The van der Waals surface area contributed by atoms with Crippen molar-refractivity contribution in [1.29, 1.82) is 0 Å². The minimum absolute atomic E-state index is 0.0661. The molecule has 0 heterocycles. The van der Waals surface area contributed by atoms with E-state index in [0.717, 1.165) is 12.0 Å². The van der Waals surface area contributed by atoms with E-state index in [0.29, 0.717) is 5.57 Å². The molecule has 0 bridgehead atoms. The van der Waals surface area contributed by atoms with E-state index in [1.807, 2.05) is 18.2 Å². The molecule has 1 aromatic carbocycles. The van der Waals surface area contributed by atoms with Crippen LogP contribution >= 0.6 is 0 Å². The number of ether oxygens (including phenoxy) is 1. The van der Waals surface area contributed by atoms with Crippen molar-refractivity contribution in [3.05, 3.63) is 47.5 Å². The second kappa shape index (κ2) is 4.02. The molecule has 0 spiro atoms. The first-order valence-electron chi connectivity index (χ1n) is 5.88. The van der Waals surface area contributed by atoms with Gasteiger partial charge in [-0.25, -0.2) is 4.79 Å². The highest BCUT2D eigenvalue weighted by atomic mass is 16.5. The van der Waals surface area contributed by atoms with Crippen LogP contribution in [0.2, 0.25) is 0 Å². The van der Waals surface area contributed by atoms with E-state index in [-0.39, 0.29) is 17.5 Å². The lowest BCUT2D eigenvalue weighted by atomic mass is 9.87. The topological polar surface area (TPSA) is 26.3 Å². The number of hydrogen-bond acceptors (Lipinski definition) is 2. The minimum Gasteiger partial charge on any atom is -0.454 e. The standard InChI is InChI=1S/C15H18O2/c1-10(2)14(16)17-13-9-15(3,4)12-8-6-5-7-11(12)13/h5-8,13H,1,9H2,2-4H3. The molecule has 0 saturated carbocycles. The Kier molecular flexibility index (Phi) is 2.82.